The Kier molecular flexibility index (Phi) is 4.53. The molecule has 0 amide bonds. The molecule has 1 fully saturated rings. The molecule has 1 heterocycles. The van der Waals surface area contributed by atoms with Gasteiger partial charge in [0, 0.05) is 6.42 Å². The fourth-order valence-electron chi connectivity index (χ4n) is 4.10. The van der Waals surface area contributed by atoms with Crippen LogP contribution in [-0.2, 0) is 9.47 Å². The molecule has 0 aromatic heterocycles. The van der Waals surface area contributed by atoms with Crippen molar-refractivity contribution in [1.29, 1.82) is 0 Å². The summed E-state index contributed by atoms with van der Waals surface area (Å²) < 4.78 is 11.1. The highest BCUT2D eigenvalue weighted by Gasteiger charge is 2.23. The van der Waals surface area contributed by atoms with Crippen LogP contribution in [0.2, 0.25) is 0 Å². The third-order valence-corrected chi connectivity index (χ3v) is 5.65. The van der Waals surface area contributed by atoms with Crippen molar-refractivity contribution in [2.75, 3.05) is 13.2 Å². The third-order valence-electron chi connectivity index (χ3n) is 5.65. The molecule has 0 bridgehead atoms. The molecule has 3 nitrogen and oxygen atoms in total. The number of hydrogen-bond acceptors (Lipinski definition) is 3. The topological polar surface area (TPSA) is 35.5 Å². The molecule has 0 spiro atoms. The number of esters is 1. The van der Waals surface area contributed by atoms with Gasteiger partial charge in [-0.2, -0.15) is 0 Å². The molecule has 0 saturated carbocycles. The van der Waals surface area contributed by atoms with Crippen molar-refractivity contribution in [2.24, 2.45) is 0 Å². The number of rotatable bonds is 3. The number of benzene rings is 4. The first-order valence-corrected chi connectivity index (χ1v) is 10.0. The predicted octanol–water partition coefficient (Wildman–Crippen LogP) is 5.91. The molecule has 4 aromatic rings. The fraction of sp³-hybridized carbons (Fsp3) is 0.192. The zero-order chi connectivity index (χ0) is 19.8. The molecule has 144 valence electrons. The first-order chi connectivity index (χ1) is 14.2. The second-order valence-corrected chi connectivity index (χ2v) is 7.65. The van der Waals surface area contributed by atoms with Crippen molar-refractivity contribution in [1.82, 2.24) is 0 Å². The van der Waals surface area contributed by atoms with Crippen molar-refractivity contribution >= 4 is 27.5 Å². The Morgan fingerprint density at radius 3 is 2.07 bits per heavy atom. The molecule has 0 radical (unpaired) electrons. The van der Waals surface area contributed by atoms with E-state index in [0.29, 0.717) is 18.8 Å². The molecule has 1 atom stereocenters. The van der Waals surface area contributed by atoms with Gasteiger partial charge in [0.05, 0.1) is 18.8 Å². The van der Waals surface area contributed by atoms with Crippen molar-refractivity contribution in [3.05, 3.63) is 83.9 Å². The van der Waals surface area contributed by atoms with Crippen molar-refractivity contribution in [2.45, 2.75) is 19.4 Å². The Morgan fingerprint density at radius 2 is 1.45 bits per heavy atom. The van der Waals surface area contributed by atoms with E-state index in [9.17, 15) is 4.79 Å². The lowest BCUT2D eigenvalue weighted by Crippen LogP contribution is -2.18. The van der Waals surface area contributed by atoms with Gasteiger partial charge >= 0.3 is 5.97 Å². The number of carbonyl (C=O) groups is 1. The molecular formula is C26H22O3. The third kappa shape index (κ3) is 3.39. The highest BCUT2D eigenvalue weighted by molar-refractivity contribution is 6.04. The highest BCUT2D eigenvalue weighted by atomic mass is 16.6. The minimum Gasteiger partial charge on any atom is -0.456 e. The predicted molar refractivity (Wildman–Crippen MR) is 116 cm³/mol. The summed E-state index contributed by atoms with van der Waals surface area (Å²) in [5.74, 6) is -0.284. The van der Waals surface area contributed by atoms with Crippen LogP contribution >= 0.6 is 0 Å². The quantitative estimate of drug-likeness (QED) is 0.413. The van der Waals surface area contributed by atoms with E-state index in [4.69, 9.17) is 9.47 Å². The average molecular weight is 382 g/mol. The van der Waals surface area contributed by atoms with Crippen LogP contribution in [0.4, 0.5) is 0 Å². The van der Waals surface area contributed by atoms with Gasteiger partial charge in [0.2, 0.25) is 0 Å². The van der Waals surface area contributed by atoms with Crippen molar-refractivity contribution < 1.29 is 14.3 Å². The fourth-order valence-corrected chi connectivity index (χ4v) is 4.10. The molecule has 5 rings (SSSR count). The van der Waals surface area contributed by atoms with E-state index in [0.717, 1.165) is 39.3 Å². The van der Waals surface area contributed by atoms with E-state index in [1.54, 1.807) is 0 Å². The summed E-state index contributed by atoms with van der Waals surface area (Å²) in [5, 5.41) is 4.49. The summed E-state index contributed by atoms with van der Waals surface area (Å²) in [5.41, 5.74) is 3.71. The van der Waals surface area contributed by atoms with E-state index in [2.05, 4.69) is 43.3 Å². The minimum atomic E-state index is -0.284. The molecule has 4 aromatic carbocycles. The van der Waals surface area contributed by atoms with E-state index in [-0.39, 0.29) is 12.1 Å². The average Bonchev–Trinajstić information content (AvgIpc) is 3.25. The summed E-state index contributed by atoms with van der Waals surface area (Å²) >= 11 is 0. The van der Waals surface area contributed by atoms with E-state index < -0.39 is 0 Å². The van der Waals surface area contributed by atoms with E-state index in [1.807, 2.05) is 36.4 Å². The van der Waals surface area contributed by atoms with Gasteiger partial charge in [-0.05, 0) is 63.4 Å². The molecule has 0 aliphatic carbocycles. The van der Waals surface area contributed by atoms with Crippen molar-refractivity contribution in [3.63, 3.8) is 0 Å². The maximum Gasteiger partial charge on any atom is 0.339 e. The van der Waals surface area contributed by atoms with Crippen LogP contribution in [0, 0.1) is 6.92 Å². The molecule has 0 unspecified atom stereocenters. The molecule has 1 aliphatic heterocycles. The number of fused-ring (bicyclic) bond motifs is 2. The Morgan fingerprint density at radius 1 is 0.862 bits per heavy atom. The Labute approximate surface area is 169 Å². The summed E-state index contributed by atoms with van der Waals surface area (Å²) in [6.45, 7) is 3.22. The molecule has 3 heteroatoms. The van der Waals surface area contributed by atoms with Crippen LogP contribution < -0.4 is 0 Å². The molecule has 0 N–H and O–H groups in total. The Bertz CT molecular complexity index is 1220. The lowest BCUT2D eigenvalue weighted by atomic mass is 9.91. The lowest BCUT2D eigenvalue weighted by Gasteiger charge is -2.16. The maximum absolute atomic E-state index is 13.1. The maximum atomic E-state index is 13.1. The number of hydrogen-bond donors (Lipinski definition) is 0. The zero-order valence-electron chi connectivity index (χ0n) is 16.4. The Hall–Kier alpha value is -3.17. The van der Waals surface area contributed by atoms with Crippen LogP contribution in [0.15, 0.2) is 72.8 Å². The SMILES string of the molecule is Cc1cc2ccccc2cc1-c1cc2ccccc2cc1C(=O)O[C@@H]1CCOC1. The monoisotopic (exact) mass is 382 g/mol. The molecule has 1 aliphatic rings. The van der Waals surface area contributed by atoms with Crippen LogP contribution in [0.3, 0.4) is 0 Å². The number of ether oxygens (including phenoxy) is 2. The zero-order valence-corrected chi connectivity index (χ0v) is 16.4. The van der Waals surface area contributed by atoms with Gasteiger partial charge in [0.1, 0.15) is 6.10 Å². The highest BCUT2D eigenvalue weighted by Crippen LogP contribution is 2.34. The van der Waals surface area contributed by atoms with Crippen molar-refractivity contribution in [3.8, 4) is 11.1 Å². The first-order valence-electron chi connectivity index (χ1n) is 10.0. The van der Waals surface area contributed by atoms with Gasteiger partial charge in [0.25, 0.3) is 0 Å². The van der Waals surface area contributed by atoms with Gasteiger partial charge < -0.3 is 9.47 Å². The molecular weight excluding hydrogens is 360 g/mol. The van der Waals surface area contributed by atoms with Gasteiger partial charge in [0.15, 0.2) is 0 Å². The Balaban J connectivity index is 1.69. The molecule has 29 heavy (non-hydrogen) atoms. The van der Waals surface area contributed by atoms with Crippen LogP contribution in [0.5, 0.6) is 0 Å². The van der Waals surface area contributed by atoms with Gasteiger partial charge in [-0.3, -0.25) is 0 Å². The number of aryl methyl sites for hydroxylation is 1. The summed E-state index contributed by atoms with van der Waals surface area (Å²) in [6.07, 6.45) is 0.587. The van der Waals surface area contributed by atoms with Gasteiger partial charge in [-0.15, -0.1) is 0 Å². The van der Waals surface area contributed by atoms with E-state index in [1.165, 1.54) is 5.39 Å². The number of carbonyl (C=O) groups excluding carboxylic acids is 1. The van der Waals surface area contributed by atoms with E-state index >= 15 is 0 Å². The summed E-state index contributed by atoms with van der Waals surface area (Å²) in [7, 11) is 0. The minimum absolute atomic E-state index is 0.167. The second kappa shape index (κ2) is 7.34. The normalized spacial score (nSPS) is 16.4. The standard InChI is InChI=1S/C26H22O3/c1-17-12-18-6-2-3-7-19(18)13-23(17)24-14-20-8-4-5-9-21(20)15-25(24)26(27)29-22-10-11-28-16-22/h2-9,12-15,22H,10-11,16H2,1H3/t22-/m1/s1. The molecule has 1 saturated heterocycles. The smallest absolute Gasteiger partial charge is 0.339 e. The van der Waals surface area contributed by atoms with Crippen LogP contribution in [0.25, 0.3) is 32.7 Å². The first kappa shape index (κ1) is 17.9. The van der Waals surface area contributed by atoms with Gasteiger partial charge in [-0.25, -0.2) is 4.79 Å². The summed E-state index contributed by atoms with van der Waals surface area (Å²) in [4.78, 5) is 13.1. The van der Waals surface area contributed by atoms with Crippen LogP contribution in [-0.4, -0.2) is 25.3 Å². The summed E-state index contributed by atoms with van der Waals surface area (Å²) in [6, 6.07) is 24.8. The van der Waals surface area contributed by atoms with Crippen LogP contribution in [0.1, 0.15) is 22.3 Å². The lowest BCUT2D eigenvalue weighted by molar-refractivity contribution is 0.0272. The van der Waals surface area contributed by atoms with Gasteiger partial charge in [-0.1, -0.05) is 54.6 Å². The largest absolute Gasteiger partial charge is 0.456 e. The second-order valence-electron chi connectivity index (χ2n) is 7.65.